The molecular weight excluding hydrogens is 424 g/mol. The van der Waals surface area contributed by atoms with Gasteiger partial charge in [0.05, 0.1) is 24.2 Å². The highest BCUT2D eigenvalue weighted by Gasteiger charge is 2.35. The van der Waals surface area contributed by atoms with E-state index in [2.05, 4.69) is 5.32 Å². The lowest BCUT2D eigenvalue weighted by atomic mass is 10.1. The monoisotopic (exact) mass is 444 g/mol. The molecule has 1 saturated heterocycles. The smallest absolute Gasteiger partial charge is 0.231 e. The normalized spacial score (nSPS) is 19.3. The molecule has 3 aliphatic heterocycles. The molecule has 0 bridgehead atoms. The summed E-state index contributed by atoms with van der Waals surface area (Å²) < 4.78 is 22.0. The Morgan fingerprint density at radius 1 is 1.06 bits per heavy atom. The van der Waals surface area contributed by atoms with Crippen LogP contribution in [0.3, 0.4) is 0 Å². The summed E-state index contributed by atoms with van der Waals surface area (Å²) in [6, 6.07) is 8.91. The van der Waals surface area contributed by atoms with Crippen LogP contribution in [0.25, 0.3) is 0 Å². The molecule has 2 aromatic rings. The first kappa shape index (κ1) is 19.8. The molecule has 31 heavy (non-hydrogen) atoms. The predicted octanol–water partition coefficient (Wildman–Crippen LogP) is 2.90. The maximum absolute atomic E-state index is 12.7. The maximum Gasteiger partial charge on any atom is 0.231 e. The van der Waals surface area contributed by atoms with E-state index in [9.17, 15) is 9.59 Å². The van der Waals surface area contributed by atoms with Crippen molar-refractivity contribution in [1.82, 2.24) is 5.32 Å². The van der Waals surface area contributed by atoms with Crippen molar-refractivity contribution in [2.45, 2.75) is 19.4 Å². The molecule has 8 nitrogen and oxygen atoms in total. The molecule has 1 atom stereocenters. The zero-order valence-electron chi connectivity index (χ0n) is 16.7. The highest BCUT2D eigenvalue weighted by molar-refractivity contribution is 6.32. The number of halogens is 1. The third-order valence-electron chi connectivity index (χ3n) is 5.49. The summed E-state index contributed by atoms with van der Waals surface area (Å²) in [5, 5.41) is 3.36. The van der Waals surface area contributed by atoms with Crippen LogP contribution in [-0.4, -0.2) is 38.4 Å². The minimum atomic E-state index is -0.436. The summed E-state index contributed by atoms with van der Waals surface area (Å²) in [5.41, 5.74) is 1.50. The Hall–Kier alpha value is -3.13. The van der Waals surface area contributed by atoms with Crippen molar-refractivity contribution < 1.29 is 28.5 Å². The number of anilines is 1. The lowest BCUT2D eigenvalue weighted by Gasteiger charge is -2.17. The summed E-state index contributed by atoms with van der Waals surface area (Å²) in [4.78, 5) is 26.9. The SMILES string of the molecule is O=C(NCc1cc(Cl)c2c(c1)OCCCO2)C1CC(=O)N(c2ccc3c(c2)OCO3)C1. The summed E-state index contributed by atoms with van der Waals surface area (Å²) >= 11 is 6.32. The van der Waals surface area contributed by atoms with E-state index in [4.69, 9.17) is 30.5 Å². The molecule has 0 saturated carbocycles. The van der Waals surface area contributed by atoms with Crippen LogP contribution in [0.2, 0.25) is 5.02 Å². The van der Waals surface area contributed by atoms with Gasteiger partial charge in [0.15, 0.2) is 23.0 Å². The van der Waals surface area contributed by atoms with Gasteiger partial charge in [0.1, 0.15) is 0 Å². The molecule has 162 valence electrons. The first-order valence-electron chi connectivity index (χ1n) is 10.1. The van der Waals surface area contributed by atoms with Crippen molar-refractivity contribution in [3.8, 4) is 23.0 Å². The number of rotatable bonds is 4. The number of amides is 2. The van der Waals surface area contributed by atoms with E-state index in [1.165, 1.54) is 0 Å². The number of benzene rings is 2. The number of nitrogens with zero attached hydrogens (tertiary/aromatic N) is 1. The van der Waals surface area contributed by atoms with Crippen molar-refractivity contribution in [2.24, 2.45) is 5.92 Å². The fourth-order valence-corrected chi connectivity index (χ4v) is 4.19. The van der Waals surface area contributed by atoms with Crippen molar-refractivity contribution in [3.63, 3.8) is 0 Å². The molecule has 1 N–H and O–H groups in total. The van der Waals surface area contributed by atoms with Gasteiger partial charge in [-0.1, -0.05) is 11.6 Å². The molecule has 1 unspecified atom stereocenters. The largest absolute Gasteiger partial charge is 0.489 e. The zero-order chi connectivity index (χ0) is 21.4. The van der Waals surface area contributed by atoms with Crippen LogP contribution < -0.4 is 29.2 Å². The molecule has 0 spiro atoms. The van der Waals surface area contributed by atoms with E-state index in [1.54, 1.807) is 29.2 Å². The first-order valence-corrected chi connectivity index (χ1v) is 10.5. The van der Waals surface area contributed by atoms with Crippen molar-refractivity contribution >= 4 is 29.1 Å². The van der Waals surface area contributed by atoms with Gasteiger partial charge in [-0.3, -0.25) is 9.59 Å². The van der Waals surface area contributed by atoms with E-state index >= 15 is 0 Å². The Labute approximate surface area is 184 Å². The second kappa shape index (κ2) is 8.19. The highest BCUT2D eigenvalue weighted by Crippen LogP contribution is 2.39. The van der Waals surface area contributed by atoms with Crippen LogP contribution in [0.15, 0.2) is 30.3 Å². The number of nitrogens with one attached hydrogen (secondary N) is 1. The standard InChI is InChI=1S/C22H21ClN2O6/c23-16-6-13(7-19-21(16)29-5-1-4-28-19)10-24-22(27)14-8-20(26)25(11-14)15-2-3-17-18(9-15)31-12-30-17/h2-3,6-7,9,14H,1,4-5,8,10-12H2,(H,24,27). The quantitative estimate of drug-likeness (QED) is 0.780. The molecule has 2 amide bonds. The second-order valence-electron chi connectivity index (χ2n) is 7.62. The lowest BCUT2D eigenvalue weighted by molar-refractivity contribution is -0.126. The summed E-state index contributed by atoms with van der Waals surface area (Å²) in [6.45, 7) is 1.87. The van der Waals surface area contributed by atoms with E-state index < -0.39 is 5.92 Å². The second-order valence-corrected chi connectivity index (χ2v) is 8.02. The van der Waals surface area contributed by atoms with Gasteiger partial charge in [-0.25, -0.2) is 0 Å². The highest BCUT2D eigenvalue weighted by atomic mass is 35.5. The van der Waals surface area contributed by atoms with Crippen LogP contribution in [0.1, 0.15) is 18.4 Å². The van der Waals surface area contributed by atoms with Gasteiger partial charge < -0.3 is 29.2 Å². The molecule has 3 heterocycles. The van der Waals surface area contributed by atoms with Gasteiger partial charge >= 0.3 is 0 Å². The van der Waals surface area contributed by atoms with Gasteiger partial charge in [0, 0.05) is 37.7 Å². The van der Waals surface area contributed by atoms with Crippen molar-refractivity contribution in [1.29, 1.82) is 0 Å². The summed E-state index contributed by atoms with van der Waals surface area (Å²) in [6.07, 6.45) is 0.939. The third kappa shape index (κ3) is 3.95. The Bertz CT molecular complexity index is 1040. The average Bonchev–Trinajstić information content (AvgIpc) is 3.31. The van der Waals surface area contributed by atoms with Crippen LogP contribution in [0, 0.1) is 5.92 Å². The Balaban J connectivity index is 1.23. The molecule has 3 aliphatic rings. The Morgan fingerprint density at radius 3 is 2.81 bits per heavy atom. The zero-order valence-corrected chi connectivity index (χ0v) is 17.4. The van der Waals surface area contributed by atoms with Crippen molar-refractivity contribution in [2.75, 3.05) is 31.5 Å². The molecule has 9 heteroatoms. The van der Waals surface area contributed by atoms with Crippen LogP contribution in [0.5, 0.6) is 23.0 Å². The molecular formula is C22H21ClN2O6. The third-order valence-corrected chi connectivity index (χ3v) is 5.77. The fraction of sp³-hybridized carbons (Fsp3) is 0.364. The molecule has 5 rings (SSSR count). The Morgan fingerprint density at radius 2 is 1.90 bits per heavy atom. The van der Waals surface area contributed by atoms with E-state index in [-0.39, 0.29) is 31.6 Å². The number of ether oxygens (including phenoxy) is 4. The minimum absolute atomic E-state index is 0.0994. The van der Waals surface area contributed by atoms with Gasteiger partial charge in [0.25, 0.3) is 0 Å². The van der Waals surface area contributed by atoms with E-state index in [0.29, 0.717) is 53.5 Å². The summed E-state index contributed by atoms with van der Waals surface area (Å²) in [7, 11) is 0. The topological polar surface area (TPSA) is 86.3 Å². The van der Waals surface area contributed by atoms with Gasteiger partial charge in [-0.2, -0.15) is 0 Å². The predicted molar refractivity (Wildman–Crippen MR) is 112 cm³/mol. The van der Waals surface area contributed by atoms with Crippen molar-refractivity contribution in [3.05, 3.63) is 40.9 Å². The molecule has 1 fully saturated rings. The number of carbonyl (C=O) groups is 2. The minimum Gasteiger partial charge on any atom is -0.489 e. The van der Waals surface area contributed by atoms with E-state index in [0.717, 1.165) is 12.0 Å². The number of carbonyl (C=O) groups excluding carboxylic acids is 2. The molecule has 0 radical (unpaired) electrons. The maximum atomic E-state index is 12.7. The number of fused-ring (bicyclic) bond motifs is 2. The molecule has 0 aromatic heterocycles. The lowest BCUT2D eigenvalue weighted by Crippen LogP contribution is -2.32. The summed E-state index contributed by atoms with van der Waals surface area (Å²) in [5.74, 6) is 1.66. The number of hydrogen-bond donors (Lipinski definition) is 1. The van der Waals surface area contributed by atoms with E-state index in [1.807, 2.05) is 6.07 Å². The van der Waals surface area contributed by atoms with Gasteiger partial charge in [-0.15, -0.1) is 0 Å². The molecule has 0 aliphatic carbocycles. The van der Waals surface area contributed by atoms with Gasteiger partial charge in [-0.05, 0) is 29.8 Å². The Kier molecular flexibility index (Phi) is 5.23. The fourth-order valence-electron chi connectivity index (χ4n) is 3.91. The van der Waals surface area contributed by atoms with Crippen LogP contribution >= 0.6 is 11.6 Å². The average molecular weight is 445 g/mol. The number of hydrogen-bond acceptors (Lipinski definition) is 6. The van der Waals surface area contributed by atoms with Crippen LogP contribution in [0.4, 0.5) is 5.69 Å². The van der Waals surface area contributed by atoms with Gasteiger partial charge in [0.2, 0.25) is 18.6 Å². The van der Waals surface area contributed by atoms with Crippen LogP contribution in [-0.2, 0) is 16.1 Å². The molecule has 2 aromatic carbocycles. The first-order chi connectivity index (χ1) is 15.1.